The largest absolute Gasteiger partial charge is 0.350 e. The maximum absolute atomic E-state index is 13.6. The van der Waals surface area contributed by atoms with Crippen molar-refractivity contribution in [2.24, 2.45) is 0 Å². The van der Waals surface area contributed by atoms with Gasteiger partial charge < -0.3 is 0 Å². The maximum atomic E-state index is 13.6. The van der Waals surface area contributed by atoms with Gasteiger partial charge in [0.15, 0.2) is 11.6 Å². The van der Waals surface area contributed by atoms with Gasteiger partial charge in [0.25, 0.3) is 0 Å². The van der Waals surface area contributed by atoms with E-state index in [2.05, 4.69) is 138 Å². The van der Waals surface area contributed by atoms with Crippen LogP contribution in [0.2, 0.25) is 0 Å². The number of alkyl halides is 4. The molecule has 0 saturated heterocycles. The van der Waals surface area contributed by atoms with E-state index in [4.69, 9.17) is 0 Å². The van der Waals surface area contributed by atoms with Crippen molar-refractivity contribution in [3.8, 4) is 11.1 Å². The van der Waals surface area contributed by atoms with Crippen LogP contribution in [0.3, 0.4) is 0 Å². The second-order valence-electron chi connectivity index (χ2n) is 15.7. The summed E-state index contributed by atoms with van der Waals surface area (Å²) in [5.41, 5.74) is 7.23. The molecule has 302 valence electrons. The standard InChI is InChI=1S/C44H48F4N10/c45-43(46)57-42(50-52-54-57)36-19-23-40(24-20-36)56(28-32-11-5-2-6-12-32)30-34-14-8-16-38(26-34)37-15-7-13-33(25-37)29-55(27-31-9-3-1-4-10-31)39-21-17-35(18-22-39)41-49-53-58(51-41)44(47)48/h1-16,25-26,35-36,39-40,43-44H,17-24,27-30H2/t35-,36-,39-,40-. The molecule has 0 atom stereocenters. The molecule has 4 aromatic carbocycles. The summed E-state index contributed by atoms with van der Waals surface area (Å²) in [6.07, 6.45) is 6.70. The SMILES string of the molecule is FC(F)n1nnc([C@H]2CC[C@H](N(Cc3ccccc3)Cc3cccc(-c4cccc(CN(Cc5ccccc5)[C@H]5CC[C@H](c6nnnn6C(F)F)CC5)c4)c3)CC2)n1. The van der Waals surface area contributed by atoms with E-state index in [0.29, 0.717) is 21.3 Å². The molecule has 2 aliphatic rings. The van der Waals surface area contributed by atoms with Crippen LogP contribution in [0.15, 0.2) is 109 Å². The monoisotopic (exact) mass is 792 g/mol. The molecule has 0 spiro atoms. The molecule has 10 nitrogen and oxygen atoms in total. The first kappa shape index (κ1) is 39.5. The van der Waals surface area contributed by atoms with Crippen molar-refractivity contribution in [1.82, 2.24) is 50.2 Å². The molecule has 2 fully saturated rings. The summed E-state index contributed by atoms with van der Waals surface area (Å²) < 4.78 is 54.0. The molecule has 0 N–H and O–H groups in total. The summed E-state index contributed by atoms with van der Waals surface area (Å²) in [6, 6.07) is 39.2. The summed E-state index contributed by atoms with van der Waals surface area (Å²) >= 11 is 0. The normalized spacial score (nSPS) is 20.1. The van der Waals surface area contributed by atoms with E-state index >= 15 is 0 Å². The van der Waals surface area contributed by atoms with Gasteiger partial charge in [-0.25, -0.2) is 0 Å². The second-order valence-corrected chi connectivity index (χ2v) is 15.7. The summed E-state index contributed by atoms with van der Waals surface area (Å²) in [7, 11) is 0. The predicted octanol–water partition coefficient (Wildman–Crippen LogP) is 9.57. The van der Waals surface area contributed by atoms with Crippen LogP contribution in [-0.2, 0) is 26.2 Å². The Hall–Kier alpha value is -5.34. The highest BCUT2D eigenvalue weighted by atomic mass is 19.3. The van der Waals surface area contributed by atoms with E-state index in [0.717, 1.165) is 88.7 Å². The summed E-state index contributed by atoms with van der Waals surface area (Å²) in [5, 5.41) is 22.5. The number of halogens is 4. The zero-order valence-corrected chi connectivity index (χ0v) is 32.3. The number of aromatic nitrogens is 8. The smallest absolute Gasteiger partial charge is 0.292 e. The third-order valence-corrected chi connectivity index (χ3v) is 11.9. The Morgan fingerprint density at radius 1 is 0.517 bits per heavy atom. The lowest BCUT2D eigenvalue weighted by molar-refractivity contribution is 0.0391. The van der Waals surface area contributed by atoms with Crippen LogP contribution >= 0.6 is 0 Å². The molecule has 0 radical (unpaired) electrons. The van der Waals surface area contributed by atoms with Crippen molar-refractivity contribution >= 4 is 0 Å². The molecule has 58 heavy (non-hydrogen) atoms. The fraction of sp³-hybridized carbons (Fsp3) is 0.409. The Kier molecular flexibility index (Phi) is 12.6. The highest BCUT2D eigenvalue weighted by Gasteiger charge is 2.32. The minimum Gasteiger partial charge on any atom is -0.292 e. The molecule has 2 aliphatic carbocycles. The highest BCUT2D eigenvalue weighted by Crippen LogP contribution is 2.37. The Labute approximate surface area is 335 Å². The van der Waals surface area contributed by atoms with Gasteiger partial charge in [0, 0.05) is 50.1 Å². The lowest BCUT2D eigenvalue weighted by atomic mass is 9.84. The average Bonchev–Trinajstić information content (AvgIpc) is 3.97. The van der Waals surface area contributed by atoms with E-state index in [1.807, 2.05) is 12.1 Å². The first-order chi connectivity index (χ1) is 28.4. The van der Waals surface area contributed by atoms with Crippen molar-refractivity contribution in [1.29, 1.82) is 0 Å². The maximum Gasteiger partial charge on any atom is 0.350 e. The van der Waals surface area contributed by atoms with Gasteiger partial charge in [-0.15, -0.1) is 15.3 Å². The van der Waals surface area contributed by atoms with Crippen molar-refractivity contribution in [3.05, 3.63) is 143 Å². The van der Waals surface area contributed by atoms with Crippen LogP contribution in [0.1, 0.15) is 110 Å². The van der Waals surface area contributed by atoms with Crippen LogP contribution in [-0.4, -0.2) is 62.3 Å². The fourth-order valence-corrected chi connectivity index (χ4v) is 8.92. The predicted molar refractivity (Wildman–Crippen MR) is 211 cm³/mol. The first-order valence-corrected chi connectivity index (χ1v) is 20.2. The van der Waals surface area contributed by atoms with Crippen molar-refractivity contribution in [3.63, 3.8) is 0 Å². The molecule has 0 amide bonds. The van der Waals surface area contributed by atoms with Crippen molar-refractivity contribution in [2.45, 2.75) is 115 Å². The molecule has 2 heterocycles. The molecule has 8 rings (SSSR count). The fourth-order valence-electron chi connectivity index (χ4n) is 8.92. The first-order valence-electron chi connectivity index (χ1n) is 20.2. The van der Waals surface area contributed by atoms with Gasteiger partial charge in [-0.1, -0.05) is 102 Å². The van der Waals surface area contributed by atoms with Crippen molar-refractivity contribution < 1.29 is 17.6 Å². The van der Waals surface area contributed by atoms with Gasteiger partial charge in [0.1, 0.15) is 0 Å². The minimum absolute atomic E-state index is 0.0232. The Bertz CT molecular complexity index is 2180. The number of hydrogen-bond acceptors (Lipinski definition) is 8. The summed E-state index contributed by atoms with van der Waals surface area (Å²) in [6.45, 7) is -2.42. The number of rotatable bonds is 15. The summed E-state index contributed by atoms with van der Waals surface area (Å²) in [5.74, 6) is 0.622. The molecule has 6 aromatic rings. The Morgan fingerprint density at radius 2 is 1.00 bits per heavy atom. The summed E-state index contributed by atoms with van der Waals surface area (Å²) in [4.78, 5) is 5.48. The van der Waals surface area contributed by atoms with Crippen LogP contribution < -0.4 is 0 Å². The van der Waals surface area contributed by atoms with Gasteiger partial charge in [0.2, 0.25) is 0 Å². The van der Waals surface area contributed by atoms with Gasteiger partial charge in [-0.3, -0.25) is 9.80 Å². The average molecular weight is 793 g/mol. The highest BCUT2D eigenvalue weighted by molar-refractivity contribution is 5.65. The molecule has 2 aromatic heterocycles. The number of hydrogen-bond donors (Lipinski definition) is 0. The third-order valence-electron chi connectivity index (χ3n) is 11.9. The number of benzene rings is 4. The van der Waals surface area contributed by atoms with Gasteiger partial charge >= 0.3 is 13.1 Å². The van der Waals surface area contributed by atoms with Crippen LogP contribution in [0.5, 0.6) is 0 Å². The van der Waals surface area contributed by atoms with Crippen LogP contribution in [0.25, 0.3) is 11.1 Å². The minimum atomic E-state index is -2.79. The van der Waals surface area contributed by atoms with Gasteiger partial charge in [-0.05, 0) is 113 Å². The topological polar surface area (TPSA) is 93.7 Å². The molecule has 0 aliphatic heterocycles. The lowest BCUT2D eigenvalue weighted by Gasteiger charge is -2.37. The molecule has 14 heteroatoms. The zero-order valence-electron chi connectivity index (χ0n) is 32.3. The Morgan fingerprint density at radius 3 is 1.48 bits per heavy atom. The number of tetrazole rings is 2. The van der Waals surface area contributed by atoms with E-state index < -0.39 is 13.1 Å². The van der Waals surface area contributed by atoms with Gasteiger partial charge in [0.05, 0.1) is 0 Å². The molecule has 0 unspecified atom stereocenters. The van der Waals surface area contributed by atoms with Crippen LogP contribution in [0.4, 0.5) is 17.6 Å². The molecule has 0 bridgehead atoms. The van der Waals surface area contributed by atoms with E-state index in [-0.39, 0.29) is 23.7 Å². The third kappa shape index (κ3) is 9.67. The molecule has 2 saturated carbocycles. The van der Waals surface area contributed by atoms with E-state index in [1.165, 1.54) is 22.3 Å². The van der Waals surface area contributed by atoms with Crippen molar-refractivity contribution in [2.75, 3.05) is 0 Å². The zero-order chi connectivity index (χ0) is 39.8. The Balaban J connectivity index is 0.968. The van der Waals surface area contributed by atoms with E-state index in [9.17, 15) is 17.6 Å². The quantitative estimate of drug-likeness (QED) is 0.0950. The molecular formula is C44H48F4N10. The molecular weight excluding hydrogens is 745 g/mol. The second kappa shape index (κ2) is 18.5. The lowest BCUT2D eigenvalue weighted by Crippen LogP contribution is -2.37. The van der Waals surface area contributed by atoms with Gasteiger partial charge in [-0.2, -0.15) is 22.2 Å². The van der Waals surface area contributed by atoms with E-state index in [1.54, 1.807) is 0 Å². The number of nitrogens with zero attached hydrogens (tertiary/aromatic N) is 10. The van der Waals surface area contributed by atoms with Crippen LogP contribution in [0, 0.1) is 0 Å².